The fraction of sp³-hybridized carbons (Fsp3) is 0.300. The fourth-order valence-electron chi connectivity index (χ4n) is 2.49. The topological polar surface area (TPSA) is 67.4 Å². The van der Waals surface area contributed by atoms with Gasteiger partial charge in [0.1, 0.15) is 0 Å². The molecule has 2 aromatic carbocycles. The highest BCUT2D eigenvalue weighted by Gasteiger charge is 2.37. The fourth-order valence-corrected chi connectivity index (χ4v) is 3.37. The monoisotopic (exact) mass is 480 g/mol. The number of hydrogen-bond acceptors (Lipinski definition) is 4. The summed E-state index contributed by atoms with van der Waals surface area (Å²) in [6, 6.07) is 6.73. The quantitative estimate of drug-likeness (QED) is 0.323. The third-order valence-corrected chi connectivity index (χ3v) is 5.04. The molecule has 0 aliphatic carbocycles. The highest BCUT2D eigenvalue weighted by atomic mass is 32.2. The van der Waals surface area contributed by atoms with Crippen molar-refractivity contribution in [1.29, 1.82) is 0 Å². The molecule has 0 atom stereocenters. The van der Waals surface area contributed by atoms with Gasteiger partial charge >= 0.3 is 12.4 Å². The van der Waals surface area contributed by atoms with Gasteiger partial charge in [-0.2, -0.15) is 26.3 Å². The van der Waals surface area contributed by atoms with Gasteiger partial charge in [0, 0.05) is 24.2 Å². The number of carbonyl (C=O) groups is 2. The van der Waals surface area contributed by atoms with E-state index in [9.17, 15) is 35.9 Å². The molecule has 0 bridgehead atoms. The first-order valence-electron chi connectivity index (χ1n) is 9.00. The normalized spacial score (nSPS) is 11.8. The van der Waals surface area contributed by atoms with E-state index >= 15 is 0 Å². The second kappa shape index (κ2) is 10.7. The molecule has 0 spiro atoms. The van der Waals surface area contributed by atoms with E-state index < -0.39 is 35.1 Å². The van der Waals surface area contributed by atoms with Crippen LogP contribution < -0.4 is 10.6 Å². The zero-order valence-electron chi connectivity index (χ0n) is 16.6. The molecule has 0 aliphatic rings. The summed E-state index contributed by atoms with van der Waals surface area (Å²) in [5.74, 6) is -1.31. The van der Waals surface area contributed by atoms with E-state index in [1.54, 1.807) is 6.07 Å². The molecule has 2 amide bonds. The Hall–Kier alpha value is -2.73. The number of halogens is 6. The Morgan fingerprint density at radius 2 is 1.56 bits per heavy atom. The Labute approximate surface area is 183 Å². The molecule has 0 fully saturated rings. The SMILES string of the molecule is COCCNC(=O)CSc1ccccc1C(=O)Nc1cc(C(F)(F)F)cc(C(F)(F)F)c1. The molecule has 174 valence electrons. The van der Waals surface area contributed by atoms with E-state index in [0.29, 0.717) is 23.6 Å². The van der Waals surface area contributed by atoms with E-state index in [0.717, 1.165) is 11.8 Å². The number of nitrogens with one attached hydrogen (secondary N) is 2. The van der Waals surface area contributed by atoms with Crippen molar-refractivity contribution in [3.05, 3.63) is 59.2 Å². The number of hydrogen-bond donors (Lipinski definition) is 2. The Bertz CT molecular complexity index is 931. The lowest BCUT2D eigenvalue weighted by atomic mass is 10.1. The summed E-state index contributed by atoms with van der Waals surface area (Å²) >= 11 is 0.993. The van der Waals surface area contributed by atoms with Crippen molar-refractivity contribution in [3.8, 4) is 0 Å². The third kappa shape index (κ3) is 7.45. The largest absolute Gasteiger partial charge is 0.416 e. The van der Waals surface area contributed by atoms with Crippen molar-refractivity contribution in [2.45, 2.75) is 17.2 Å². The number of carbonyl (C=O) groups excluding carboxylic acids is 2. The van der Waals surface area contributed by atoms with Crippen molar-refractivity contribution in [3.63, 3.8) is 0 Å². The molecular formula is C20H18F6N2O3S. The van der Waals surface area contributed by atoms with Gasteiger partial charge in [-0.15, -0.1) is 11.8 Å². The standard InChI is InChI=1S/C20H18F6N2O3S/c1-31-7-6-27-17(29)11-32-16-5-3-2-4-15(16)18(30)28-14-9-12(19(21,22)23)8-13(10-14)20(24,25)26/h2-5,8-10H,6-7,11H2,1H3,(H,27,29)(H,28,30). The molecule has 12 heteroatoms. The van der Waals surface area contributed by atoms with Crippen LogP contribution in [0.15, 0.2) is 47.4 Å². The van der Waals surface area contributed by atoms with E-state index in [1.807, 2.05) is 0 Å². The van der Waals surface area contributed by atoms with Gasteiger partial charge in [0.2, 0.25) is 5.91 Å². The average Bonchev–Trinajstić information content (AvgIpc) is 2.71. The maximum atomic E-state index is 13.0. The lowest BCUT2D eigenvalue weighted by Crippen LogP contribution is -2.28. The van der Waals surface area contributed by atoms with Gasteiger partial charge in [-0.3, -0.25) is 9.59 Å². The molecule has 32 heavy (non-hydrogen) atoms. The van der Waals surface area contributed by atoms with Crippen LogP contribution >= 0.6 is 11.8 Å². The van der Waals surface area contributed by atoms with Gasteiger partial charge in [0.05, 0.1) is 29.1 Å². The second-order valence-electron chi connectivity index (χ2n) is 6.38. The summed E-state index contributed by atoms with van der Waals surface area (Å²) in [5, 5.41) is 4.67. The minimum absolute atomic E-state index is 0.00633. The number of rotatable bonds is 8. The first-order valence-corrected chi connectivity index (χ1v) is 9.98. The molecular weight excluding hydrogens is 462 g/mol. The molecule has 2 aromatic rings. The molecule has 2 N–H and O–H groups in total. The van der Waals surface area contributed by atoms with Crippen LogP contribution in [-0.2, 0) is 21.9 Å². The van der Waals surface area contributed by atoms with Crippen LogP contribution in [0.5, 0.6) is 0 Å². The first kappa shape index (κ1) is 25.5. The zero-order valence-corrected chi connectivity index (χ0v) is 17.4. The minimum Gasteiger partial charge on any atom is -0.383 e. The molecule has 0 aromatic heterocycles. The Balaban J connectivity index is 2.22. The van der Waals surface area contributed by atoms with Crippen molar-refractivity contribution < 1.29 is 40.7 Å². The maximum Gasteiger partial charge on any atom is 0.416 e. The van der Waals surface area contributed by atoms with Crippen LogP contribution in [0, 0.1) is 0 Å². The first-order chi connectivity index (χ1) is 14.9. The van der Waals surface area contributed by atoms with Crippen LogP contribution in [0.2, 0.25) is 0 Å². The molecule has 0 radical (unpaired) electrons. The predicted molar refractivity (Wildman–Crippen MR) is 106 cm³/mol. The van der Waals surface area contributed by atoms with Gasteiger partial charge in [-0.05, 0) is 30.3 Å². The summed E-state index contributed by atoms with van der Waals surface area (Å²) in [5.41, 5.74) is -3.75. The number of ether oxygens (including phenoxy) is 1. The van der Waals surface area contributed by atoms with Gasteiger partial charge in [0.25, 0.3) is 5.91 Å². The molecule has 0 saturated heterocycles. The summed E-state index contributed by atoms with van der Waals surface area (Å²) in [6.07, 6.45) is -10.1. The summed E-state index contributed by atoms with van der Waals surface area (Å²) in [7, 11) is 1.47. The van der Waals surface area contributed by atoms with Gasteiger partial charge in [0.15, 0.2) is 0 Å². The van der Waals surface area contributed by atoms with Crippen LogP contribution in [0.1, 0.15) is 21.5 Å². The molecule has 0 unspecified atom stereocenters. The van der Waals surface area contributed by atoms with Gasteiger partial charge < -0.3 is 15.4 Å². The number of methoxy groups -OCH3 is 1. The number of thioether (sulfide) groups is 1. The molecule has 5 nitrogen and oxygen atoms in total. The van der Waals surface area contributed by atoms with E-state index in [2.05, 4.69) is 10.6 Å². The van der Waals surface area contributed by atoms with Crippen molar-refractivity contribution in [2.75, 3.05) is 31.3 Å². The van der Waals surface area contributed by atoms with Crippen LogP contribution in [0.25, 0.3) is 0 Å². The molecule has 0 heterocycles. The summed E-state index contributed by atoms with van der Waals surface area (Å²) in [6.45, 7) is 0.599. The minimum atomic E-state index is -5.04. The highest BCUT2D eigenvalue weighted by molar-refractivity contribution is 8.00. The number of alkyl halides is 6. The third-order valence-electron chi connectivity index (χ3n) is 3.96. The highest BCUT2D eigenvalue weighted by Crippen LogP contribution is 2.37. The van der Waals surface area contributed by atoms with Gasteiger partial charge in [-0.25, -0.2) is 0 Å². The summed E-state index contributed by atoms with van der Waals surface area (Å²) < 4.78 is 82.9. The van der Waals surface area contributed by atoms with Crippen LogP contribution in [0.3, 0.4) is 0 Å². The zero-order chi connectivity index (χ0) is 23.9. The Morgan fingerprint density at radius 3 is 2.12 bits per heavy atom. The Kier molecular flexibility index (Phi) is 8.56. The lowest BCUT2D eigenvalue weighted by molar-refractivity contribution is -0.143. The van der Waals surface area contributed by atoms with E-state index in [4.69, 9.17) is 4.74 Å². The van der Waals surface area contributed by atoms with Crippen molar-refractivity contribution in [1.82, 2.24) is 5.32 Å². The Morgan fingerprint density at radius 1 is 0.969 bits per heavy atom. The predicted octanol–water partition coefficient (Wildman–Crippen LogP) is 4.83. The smallest absolute Gasteiger partial charge is 0.383 e. The summed E-state index contributed by atoms with van der Waals surface area (Å²) in [4.78, 5) is 24.8. The van der Waals surface area contributed by atoms with Crippen LogP contribution in [-0.4, -0.2) is 37.8 Å². The molecule has 2 rings (SSSR count). The lowest BCUT2D eigenvalue weighted by Gasteiger charge is -2.15. The average molecular weight is 480 g/mol. The number of amides is 2. The number of anilines is 1. The second-order valence-corrected chi connectivity index (χ2v) is 7.39. The number of benzene rings is 2. The maximum absolute atomic E-state index is 13.0. The van der Waals surface area contributed by atoms with E-state index in [1.165, 1.54) is 25.3 Å². The van der Waals surface area contributed by atoms with Crippen molar-refractivity contribution >= 4 is 29.3 Å². The molecule has 0 aliphatic heterocycles. The van der Waals surface area contributed by atoms with Gasteiger partial charge in [-0.1, -0.05) is 12.1 Å². The van der Waals surface area contributed by atoms with Crippen LogP contribution in [0.4, 0.5) is 32.0 Å². The van der Waals surface area contributed by atoms with Crippen molar-refractivity contribution in [2.24, 2.45) is 0 Å². The molecule has 0 saturated carbocycles. The van der Waals surface area contributed by atoms with E-state index in [-0.39, 0.29) is 29.8 Å².